The van der Waals surface area contributed by atoms with Gasteiger partial charge in [0.15, 0.2) is 0 Å². The van der Waals surface area contributed by atoms with Gasteiger partial charge in [-0.3, -0.25) is 0 Å². The summed E-state index contributed by atoms with van der Waals surface area (Å²) < 4.78 is 0. The fourth-order valence-corrected chi connectivity index (χ4v) is 1.92. The van der Waals surface area contributed by atoms with Crippen LogP contribution in [0.2, 0.25) is 0 Å². The Hall–Kier alpha value is -1.36. The van der Waals surface area contributed by atoms with Crippen LogP contribution in [0.4, 0.5) is 11.8 Å². The summed E-state index contributed by atoms with van der Waals surface area (Å²) in [7, 11) is 0. The van der Waals surface area contributed by atoms with Crippen molar-refractivity contribution >= 4 is 11.8 Å². The number of nitrogens with zero attached hydrogens (tertiary/aromatic N) is 3. The average molecular weight is 221 g/mol. The molecule has 5 heteroatoms. The molecule has 0 radical (unpaired) electrons. The van der Waals surface area contributed by atoms with Crippen molar-refractivity contribution in [1.82, 2.24) is 9.97 Å². The molecule has 88 valence electrons. The van der Waals surface area contributed by atoms with E-state index in [0.29, 0.717) is 19.0 Å². The van der Waals surface area contributed by atoms with E-state index in [1.165, 1.54) is 12.8 Å². The van der Waals surface area contributed by atoms with E-state index in [4.69, 9.17) is 5.73 Å². The molecule has 1 fully saturated rings. The largest absolute Gasteiger partial charge is 0.356 e. The maximum atomic E-state index is 5.45. The van der Waals surface area contributed by atoms with Gasteiger partial charge in [-0.1, -0.05) is 0 Å². The lowest BCUT2D eigenvalue weighted by Gasteiger charge is -2.17. The van der Waals surface area contributed by atoms with Gasteiger partial charge in [-0.05, 0) is 19.8 Å². The van der Waals surface area contributed by atoms with Gasteiger partial charge in [0, 0.05) is 37.9 Å². The van der Waals surface area contributed by atoms with Crippen molar-refractivity contribution in [2.75, 3.05) is 36.4 Å². The molecule has 0 saturated carbocycles. The monoisotopic (exact) mass is 221 g/mol. The quantitative estimate of drug-likeness (QED) is 0.785. The normalized spacial score (nSPS) is 15.5. The van der Waals surface area contributed by atoms with Gasteiger partial charge in [0.25, 0.3) is 0 Å². The second-order valence-corrected chi connectivity index (χ2v) is 4.10. The molecule has 0 aliphatic carbocycles. The van der Waals surface area contributed by atoms with Crippen LogP contribution < -0.4 is 16.0 Å². The van der Waals surface area contributed by atoms with Crippen molar-refractivity contribution in [1.29, 1.82) is 0 Å². The second-order valence-electron chi connectivity index (χ2n) is 4.10. The first-order chi connectivity index (χ1) is 7.79. The van der Waals surface area contributed by atoms with Gasteiger partial charge in [-0.25, -0.2) is 4.98 Å². The lowest BCUT2D eigenvalue weighted by molar-refractivity contribution is 0.911. The van der Waals surface area contributed by atoms with E-state index in [-0.39, 0.29) is 0 Å². The van der Waals surface area contributed by atoms with Gasteiger partial charge in [0.1, 0.15) is 5.82 Å². The Kier molecular flexibility index (Phi) is 3.56. The summed E-state index contributed by atoms with van der Waals surface area (Å²) in [6.07, 6.45) is 2.52. The van der Waals surface area contributed by atoms with Gasteiger partial charge >= 0.3 is 0 Å². The Bertz CT molecular complexity index is 346. The molecule has 0 spiro atoms. The highest BCUT2D eigenvalue weighted by molar-refractivity contribution is 5.45. The number of aryl methyl sites for hydroxylation is 1. The summed E-state index contributed by atoms with van der Waals surface area (Å²) in [5.74, 6) is 1.72. The third kappa shape index (κ3) is 2.61. The zero-order valence-electron chi connectivity index (χ0n) is 9.74. The molecule has 1 aliphatic rings. The smallest absolute Gasteiger partial charge is 0.224 e. The maximum absolute atomic E-state index is 5.45. The van der Waals surface area contributed by atoms with Crippen molar-refractivity contribution in [3.05, 3.63) is 11.8 Å². The van der Waals surface area contributed by atoms with Crippen LogP contribution in [-0.4, -0.2) is 36.1 Å². The average Bonchev–Trinajstić information content (AvgIpc) is 2.79. The highest BCUT2D eigenvalue weighted by Crippen LogP contribution is 2.19. The lowest BCUT2D eigenvalue weighted by atomic mass is 10.4. The molecule has 1 saturated heterocycles. The van der Waals surface area contributed by atoms with Gasteiger partial charge in [-0.2, -0.15) is 4.98 Å². The highest BCUT2D eigenvalue weighted by atomic mass is 15.2. The molecule has 0 unspecified atom stereocenters. The minimum atomic E-state index is 0.594. The molecular weight excluding hydrogens is 202 g/mol. The third-order valence-corrected chi connectivity index (χ3v) is 2.70. The van der Waals surface area contributed by atoms with E-state index in [1.807, 2.05) is 13.0 Å². The van der Waals surface area contributed by atoms with Crippen LogP contribution >= 0.6 is 0 Å². The van der Waals surface area contributed by atoms with E-state index >= 15 is 0 Å². The Balaban J connectivity index is 2.14. The van der Waals surface area contributed by atoms with Crippen LogP contribution in [0.5, 0.6) is 0 Å². The molecule has 5 nitrogen and oxygen atoms in total. The molecule has 1 aromatic heterocycles. The van der Waals surface area contributed by atoms with Gasteiger partial charge in [0.2, 0.25) is 5.95 Å². The van der Waals surface area contributed by atoms with Crippen LogP contribution in [0, 0.1) is 6.92 Å². The summed E-state index contributed by atoms with van der Waals surface area (Å²) in [6.45, 7) is 5.51. The summed E-state index contributed by atoms with van der Waals surface area (Å²) >= 11 is 0. The van der Waals surface area contributed by atoms with E-state index in [2.05, 4.69) is 20.2 Å². The number of anilines is 2. The molecule has 2 heterocycles. The number of aromatic nitrogens is 2. The number of hydrogen-bond acceptors (Lipinski definition) is 5. The summed E-state index contributed by atoms with van der Waals surface area (Å²) in [5, 5.41) is 3.13. The van der Waals surface area contributed by atoms with Gasteiger partial charge in [-0.15, -0.1) is 0 Å². The Morgan fingerprint density at radius 3 is 2.81 bits per heavy atom. The van der Waals surface area contributed by atoms with Crippen LogP contribution in [0.25, 0.3) is 0 Å². The number of hydrogen-bond donors (Lipinski definition) is 2. The minimum absolute atomic E-state index is 0.594. The van der Waals surface area contributed by atoms with Crippen molar-refractivity contribution in [2.45, 2.75) is 19.8 Å². The Morgan fingerprint density at radius 2 is 2.12 bits per heavy atom. The molecule has 1 aromatic rings. The molecule has 1 aliphatic heterocycles. The van der Waals surface area contributed by atoms with Crippen molar-refractivity contribution in [2.24, 2.45) is 5.73 Å². The van der Waals surface area contributed by atoms with E-state index in [9.17, 15) is 0 Å². The van der Waals surface area contributed by atoms with Gasteiger partial charge in [0.05, 0.1) is 0 Å². The molecule has 0 aromatic carbocycles. The molecule has 0 atom stereocenters. The zero-order chi connectivity index (χ0) is 11.4. The van der Waals surface area contributed by atoms with Crippen molar-refractivity contribution in [3.63, 3.8) is 0 Å². The predicted octanol–water partition coefficient (Wildman–Crippen LogP) is 0.756. The molecule has 3 N–H and O–H groups in total. The van der Waals surface area contributed by atoms with Crippen molar-refractivity contribution < 1.29 is 0 Å². The number of nitrogens with two attached hydrogens (primary N) is 1. The predicted molar refractivity (Wildman–Crippen MR) is 65.8 cm³/mol. The minimum Gasteiger partial charge on any atom is -0.356 e. The Morgan fingerprint density at radius 1 is 1.38 bits per heavy atom. The standard InChI is InChI=1S/C11H19N5/c1-9-8-10(16-6-2-3-7-16)15-11(14-9)13-5-4-12/h8H,2-7,12H2,1H3,(H,13,14,15). The van der Waals surface area contributed by atoms with Crippen LogP contribution in [-0.2, 0) is 0 Å². The first-order valence-corrected chi connectivity index (χ1v) is 5.84. The molecule has 0 amide bonds. The summed E-state index contributed by atoms with van der Waals surface area (Å²) in [5.41, 5.74) is 6.44. The van der Waals surface area contributed by atoms with E-state index < -0.39 is 0 Å². The first kappa shape index (κ1) is 11.1. The van der Waals surface area contributed by atoms with Gasteiger partial charge < -0.3 is 16.0 Å². The SMILES string of the molecule is Cc1cc(N2CCCC2)nc(NCCN)n1. The number of nitrogens with one attached hydrogen (secondary N) is 1. The van der Waals surface area contributed by atoms with Crippen LogP contribution in [0.15, 0.2) is 6.07 Å². The topological polar surface area (TPSA) is 67.1 Å². The highest BCUT2D eigenvalue weighted by Gasteiger charge is 2.14. The van der Waals surface area contributed by atoms with E-state index in [1.54, 1.807) is 0 Å². The molecule has 0 bridgehead atoms. The number of rotatable bonds is 4. The second kappa shape index (κ2) is 5.12. The summed E-state index contributed by atoms with van der Waals surface area (Å²) in [6, 6.07) is 2.04. The summed E-state index contributed by atoms with van der Waals surface area (Å²) in [4.78, 5) is 11.1. The lowest BCUT2D eigenvalue weighted by Crippen LogP contribution is -2.21. The van der Waals surface area contributed by atoms with E-state index in [0.717, 1.165) is 24.6 Å². The molecule has 2 rings (SSSR count). The van der Waals surface area contributed by atoms with Crippen LogP contribution in [0.3, 0.4) is 0 Å². The fraction of sp³-hybridized carbons (Fsp3) is 0.636. The fourth-order valence-electron chi connectivity index (χ4n) is 1.92. The van der Waals surface area contributed by atoms with Crippen molar-refractivity contribution in [3.8, 4) is 0 Å². The Labute approximate surface area is 96.1 Å². The molecular formula is C11H19N5. The first-order valence-electron chi connectivity index (χ1n) is 5.84. The van der Waals surface area contributed by atoms with Crippen LogP contribution in [0.1, 0.15) is 18.5 Å². The third-order valence-electron chi connectivity index (χ3n) is 2.70. The molecule has 16 heavy (non-hydrogen) atoms. The maximum Gasteiger partial charge on any atom is 0.224 e. The zero-order valence-corrected chi connectivity index (χ0v) is 9.74.